The minimum Gasteiger partial charge on any atom is -0.372 e. The van der Waals surface area contributed by atoms with E-state index in [1.165, 1.54) is 12.1 Å². The van der Waals surface area contributed by atoms with Crippen molar-refractivity contribution in [2.45, 2.75) is 19.8 Å². The molecule has 0 unspecified atom stereocenters. The molecule has 0 spiro atoms. The number of hydrogen-bond donors (Lipinski definition) is 1. The molecular weight excluding hydrogens is 356 g/mol. The van der Waals surface area contributed by atoms with Crippen LogP contribution in [-0.2, 0) is 0 Å². The maximum Gasteiger partial charge on any atom is 0.161 e. The van der Waals surface area contributed by atoms with Gasteiger partial charge < -0.3 is 5.32 Å². The molecule has 19 heavy (non-hydrogen) atoms. The van der Waals surface area contributed by atoms with Crippen molar-refractivity contribution < 1.29 is 4.39 Å². The molecule has 0 saturated heterocycles. The minimum atomic E-state index is -0.281. The van der Waals surface area contributed by atoms with Crippen LogP contribution in [0.4, 0.5) is 10.2 Å². The van der Waals surface area contributed by atoms with Crippen LogP contribution in [0.2, 0.25) is 0 Å². The lowest BCUT2D eigenvalue weighted by Gasteiger charge is -2.13. The Kier molecular flexibility index (Phi) is 4.34. The smallest absolute Gasteiger partial charge is 0.161 e. The van der Waals surface area contributed by atoms with Gasteiger partial charge in [-0.1, -0.05) is 26.0 Å². The second-order valence-electron chi connectivity index (χ2n) is 4.51. The van der Waals surface area contributed by atoms with Gasteiger partial charge >= 0.3 is 0 Å². The second-order valence-corrected chi connectivity index (χ2v) is 5.59. The van der Waals surface area contributed by atoms with Crippen molar-refractivity contribution >= 4 is 28.4 Å². The molecule has 0 radical (unpaired) electrons. The average molecular weight is 371 g/mol. The van der Waals surface area contributed by atoms with Crippen LogP contribution in [0.15, 0.2) is 24.3 Å². The summed E-state index contributed by atoms with van der Waals surface area (Å²) in [7, 11) is 1.82. The molecule has 2 aromatic rings. The van der Waals surface area contributed by atoms with E-state index in [2.05, 4.69) is 51.7 Å². The summed E-state index contributed by atoms with van der Waals surface area (Å²) in [6.45, 7) is 4.17. The molecule has 5 heteroatoms. The van der Waals surface area contributed by atoms with Crippen LogP contribution < -0.4 is 5.32 Å². The molecule has 1 aromatic carbocycles. The summed E-state index contributed by atoms with van der Waals surface area (Å²) in [6, 6.07) is 6.35. The van der Waals surface area contributed by atoms with E-state index in [-0.39, 0.29) is 11.7 Å². The van der Waals surface area contributed by atoms with Crippen molar-refractivity contribution in [3.63, 3.8) is 0 Å². The normalized spacial score (nSPS) is 10.8. The zero-order valence-electron chi connectivity index (χ0n) is 11.0. The summed E-state index contributed by atoms with van der Waals surface area (Å²) >= 11 is 2.24. The highest BCUT2D eigenvalue weighted by molar-refractivity contribution is 14.1. The fourth-order valence-corrected chi connectivity index (χ4v) is 2.90. The Hall–Kier alpha value is -1.24. The SMILES string of the molecule is CNc1nc(-c2cccc(F)c2)nc(C(C)C)c1I. The second kappa shape index (κ2) is 5.81. The minimum absolute atomic E-state index is 0.281. The number of hydrogen-bond acceptors (Lipinski definition) is 3. The third-order valence-electron chi connectivity index (χ3n) is 2.74. The topological polar surface area (TPSA) is 37.8 Å². The zero-order valence-corrected chi connectivity index (χ0v) is 13.2. The van der Waals surface area contributed by atoms with Gasteiger partial charge in [0.15, 0.2) is 5.82 Å². The van der Waals surface area contributed by atoms with E-state index < -0.39 is 0 Å². The van der Waals surface area contributed by atoms with E-state index in [0.717, 1.165) is 15.1 Å². The molecule has 100 valence electrons. The van der Waals surface area contributed by atoms with Crippen molar-refractivity contribution in [3.8, 4) is 11.4 Å². The lowest BCUT2D eigenvalue weighted by Crippen LogP contribution is -2.06. The summed E-state index contributed by atoms with van der Waals surface area (Å²) in [5, 5.41) is 3.06. The maximum absolute atomic E-state index is 13.3. The fraction of sp³-hybridized carbons (Fsp3) is 0.286. The number of halogens is 2. The Labute approximate surface area is 125 Å². The zero-order chi connectivity index (χ0) is 14.0. The van der Waals surface area contributed by atoms with E-state index in [1.54, 1.807) is 6.07 Å². The van der Waals surface area contributed by atoms with E-state index >= 15 is 0 Å². The molecule has 2 rings (SSSR count). The fourth-order valence-electron chi connectivity index (χ4n) is 1.77. The van der Waals surface area contributed by atoms with Gasteiger partial charge in [0.1, 0.15) is 11.6 Å². The predicted molar refractivity (Wildman–Crippen MR) is 83.8 cm³/mol. The standard InChI is InChI=1S/C14H15FIN3/c1-8(2)12-11(16)14(17-3)19-13(18-12)9-5-4-6-10(15)7-9/h4-8H,1-3H3,(H,17,18,19). The molecular formula is C14H15FIN3. The van der Waals surface area contributed by atoms with Gasteiger partial charge in [0.25, 0.3) is 0 Å². The summed E-state index contributed by atoms with van der Waals surface area (Å²) in [5.74, 6) is 1.33. The molecule has 0 saturated carbocycles. The molecule has 0 aliphatic rings. The molecule has 0 aliphatic heterocycles. The van der Waals surface area contributed by atoms with Gasteiger partial charge in [-0.25, -0.2) is 14.4 Å². The van der Waals surface area contributed by atoms with E-state index in [4.69, 9.17) is 0 Å². The van der Waals surface area contributed by atoms with Gasteiger partial charge in [-0.2, -0.15) is 0 Å². The highest BCUT2D eigenvalue weighted by atomic mass is 127. The Morgan fingerprint density at radius 3 is 2.58 bits per heavy atom. The summed E-state index contributed by atoms with van der Waals surface area (Å²) in [6.07, 6.45) is 0. The van der Waals surface area contributed by atoms with Crippen LogP contribution in [-0.4, -0.2) is 17.0 Å². The van der Waals surface area contributed by atoms with Crippen LogP contribution in [0, 0.1) is 9.39 Å². The Morgan fingerprint density at radius 1 is 1.26 bits per heavy atom. The Balaban J connectivity index is 2.61. The van der Waals surface area contributed by atoms with E-state index in [0.29, 0.717) is 11.4 Å². The maximum atomic E-state index is 13.3. The number of anilines is 1. The van der Waals surface area contributed by atoms with Crippen molar-refractivity contribution in [2.75, 3.05) is 12.4 Å². The first-order chi connectivity index (χ1) is 9.02. The van der Waals surface area contributed by atoms with Crippen LogP contribution in [0.25, 0.3) is 11.4 Å². The van der Waals surface area contributed by atoms with Crippen LogP contribution in [0.3, 0.4) is 0 Å². The molecule has 1 aromatic heterocycles. The molecule has 0 fully saturated rings. The highest BCUT2D eigenvalue weighted by Crippen LogP contribution is 2.28. The lowest BCUT2D eigenvalue weighted by atomic mass is 10.1. The number of nitrogens with zero attached hydrogens (tertiary/aromatic N) is 2. The van der Waals surface area contributed by atoms with Crippen molar-refractivity contribution in [3.05, 3.63) is 39.3 Å². The monoisotopic (exact) mass is 371 g/mol. The predicted octanol–water partition coefficient (Wildman–Crippen LogP) is 4.05. The summed E-state index contributed by atoms with van der Waals surface area (Å²) in [4.78, 5) is 9.02. The van der Waals surface area contributed by atoms with Gasteiger partial charge in [0.05, 0.1) is 9.26 Å². The van der Waals surface area contributed by atoms with Crippen LogP contribution in [0.5, 0.6) is 0 Å². The molecule has 0 aliphatic carbocycles. The molecule has 1 heterocycles. The molecule has 0 bridgehead atoms. The molecule has 0 atom stereocenters. The van der Waals surface area contributed by atoms with Crippen molar-refractivity contribution in [1.82, 2.24) is 9.97 Å². The number of benzene rings is 1. The first kappa shape index (κ1) is 14.2. The molecule has 0 amide bonds. The number of nitrogens with one attached hydrogen (secondary N) is 1. The molecule has 3 nitrogen and oxygen atoms in total. The summed E-state index contributed by atoms with van der Waals surface area (Å²) in [5.41, 5.74) is 1.66. The first-order valence-corrected chi connectivity index (χ1v) is 7.12. The third kappa shape index (κ3) is 3.02. The van der Waals surface area contributed by atoms with Crippen LogP contribution >= 0.6 is 22.6 Å². The largest absolute Gasteiger partial charge is 0.372 e. The van der Waals surface area contributed by atoms with Crippen LogP contribution in [0.1, 0.15) is 25.5 Å². The number of rotatable bonds is 3. The van der Waals surface area contributed by atoms with E-state index in [9.17, 15) is 4.39 Å². The summed E-state index contributed by atoms with van der Waals surface area (Å²) < 4.78 is 14.3. The third-order valence-corrected chi connectivity index (χ3v) is 3.81. The highest BCUT2D eigenvalue weighted by Gasteiger charge is 2.15. The molecule has 1 N–H and O–H groups in total. The Bertz CT molecular complexity index is 599. The van der Waals surface area contributed by atoms with Gasteiger partial charge in [0.2, 0.25) is 0 Å². The first-order valence-electron chi connectivity index (χ1n) is 6.04. The van der Waals surface area contributed by atoms with E-state index in [1.807, 2.05) is 13.1 Å². The Morgan fingerprint density at radius 2 is 2.00 bits per heavy atom. The van der Waals surface area contributed by atoms with Gasteiger partial charge in [-0.3, -0.25) is 0 Å². The quantitative estimate of drug-likeness (QED) is 0.828. The van der Waals surface area contributed by atoms with Gasteiger partial charge in [0, 0.05) is 12.6 Å². The van der Waals surface area contributed by atoms with Gasteiger partial charge in [-0.05, 0) is 40.6 Å². The van der Waals surface area contributed by atoms with Crippen molar-refractivity contribution in [1.29, 1.82) is 0 Å². The van der Waals surface area contributed by atoms with Gasteiger partial charge in [-0.15, -0.1) is 0 Å². The van der Waals surface area contributed by atoms with Crippen molar-refractivity contribution in [2.24, 2.45) is 0 Å². The number of aromatic nitrogens is 2. The lowest BCUT2D eigenvalue weighted by molar-refractivity contribution is 0.628. The average Bonchev–Trinajstić information content (AvgIpc) is 2.38.